The Labute approximate surface area is 97.9 Å². The molecule has 0 heterocycles. The molecule has 0 atom stereocenters. The monoisotopic (exact) mass is 216 g/mol. The standard InChI is InChI=1S/C15H20O/c1-11-8-9-14(10-12(11)2)15(16)13-6-4-3-5-7-13/h8-10,13H,3-7H2,1-2H3. The number of carbonyl (C=O) groups is 1. The fraction of sp³-hybridized carbons (Fsp3) is 0.533. The first kappa shape index (κ1) is 11.4. The van der Waals surface area contributed by atoms with Gasteiger partial charge in [0.15, 0.2) is 5.78 Å². The van der Waals surface area contributed by atoms with Gasteiger partial charge < -0.3 is 0 Å². The smallest absolute Gasteiger partial charge is 0.165 e. The molecule has 0 unspecified atom stereocenters. The normalized spacial score (nSPS) is 17.4. The molecule has 0 aromatic heterocycles. The maximum absolute atomic E-state index is 12.3. The van der Waals surface area contributed by atoms with E-state index in [1.807, 2.05) is 12.1 Å². The minimum absolute atomic E-state index is 0.288. The van der Waals surface area contributed by atoms with E-state index in [0.717, 1.165) is 18.4 Å². The van der Waals surface area contributed by atoms with E-state index in [1.54, 1.807) is 0 Å². The van der Waals surface area contributed by atoms with Crippen LogP contribution < -0.4 is 0 Å². The van der Waals surface area contributed by atoms with Crippen LogP contribution in [0, 0.1) is 19.8 Å². The van der Waals surface area contributed by atoms with E-state index in [9.17, 15) is 4.79 Å². The predicted molar refractivity (Wildman–Crippen MR) is 66.8 cm³/mol. The first-order valence-corrected chi connectivity index (χ1v) is 6.30. The molecule has 0 amide bonds. The second-order valence-electron chi connectivity index (χ2n) is 5.00. The molecule has 1 fully saturated rings. The van der Waals surface area contributed by atoms with Crippen molar-refractivity contribution in [2.75, 3.05) is 0 Å². The number of rotatable bonds is 2. The SMILES string of the molecule is Cc1ccc(C(=O)C2CCCCC2)cc1C. The van der Waals surface area contributed by atoms with Crippen LogP contribution in [0.1, 0.15) is 53.6 Å². The zero-order chi connectivity index (χ0) is 11.5. The van der Waals surface area contributed by atoms with Crippen molar-refractivity contribution in [2.24, 2.45) is 5.92 Å². The minimum atomic E-state index is 0.288. The van der Waals surface area contributed by atoms with E-state index in [0.29, 0.717) is 5.78 Å². The van der Waals surface area contributed by atoms with E-state index in [2.05, 4.69) is 19.9 Å². The van der Waals surface area contributed by atoms with Gasteiger partial charge in [0.05, 0.1) is 0 Å². The lowest BCUT2D eigenvalue weighted by molar-refractivity contribution is 0.0889. The Kier molecular flexibility index (Phi) is 3.42. The van der Waals surface area contributed by atoms with Crippen molar-refractivity contribution in [3.05, 3.63) is 34.9 Å². The number of hydrogen-bond donors (Lipinski definition) is 0. The van der Waals surface area contributed by atoms with Gasteiger partial charge in [-0.15, -0.1) is 0 Å². The van der Waals surface area contributed by atoms with Crippen LogP contribution >= 0.6 is 0 Å². The van der Waals surface area contributed by atoms with Gasteiger partial charge in [-0.2, -0.15) is 0 Å². The number of Topliss-reactive ketones (excluding diaryl/α,β-unsaturated/α-hetero) is 1. The summed E-state index contributed by atoms with van der Waals surface area (Å²) < 4.78 is 0. The second-order valence-corrected chi connectivity index (χ2v) is 5.00. The van der Waals surface area contributed by atoms with Crippen LogP contribution in [0.15, 0.2) is 18.2 Å². The molecule has 1 aliphatic carbocycles. The van der Waals surface area contributed by atoms with Crippen molar-refractivity contribution in [2.45, 2.75) is 46.0 Å². The second kappa shape index (κ2) is 4.82. The lowest BCUT2D eigenvalue weighted by Gasteiger charge is -2.20. The Morgan fingerprint density at radius 2 is 1.75 bits per heavy atom. The number of hydrogen-bond acceptors (Lipinski definition) is 1. The largest absolute Gasteiger partial charge is 0.294 e. The molecule has 1 aromatic rings. The summed E-state index contributed by atoms with van der Waals surface area (Å²) in [5, 5.41) is 0. The van der Waals surface area contributed by atoms with Crippen molar-refractivity contribution in [1.29, 1.82) is 0 Å². The number of aryl methyl sites for hydroxylation is 2. The lowest BCUT2D eigenvalue weighted by Crippen LogP contribution is -2.17. The van der Waals surface area contributed by atoms with Crippen LogP contribution in [0.25, 0.3) is 0 Å². The number of ketones is 1. The zero-order valence-corrected chi connectivity index (χ0v) is 10.3. The summed E-state index contributed by atoms with van der Waals surface area (Å²) in [6.45, 7) is 4.16. The lowest BCUT2D eigenvalue weighted by atomic mass is 9.83. The molecule has 0 radical (unpaired) electrons. The molecule has 1 aromatic carbocycles. The summed E-state index contributed by atoms with van der Waals surface area (Å²) in [5.41, 5.74) is 3.40. The zero-order valence-electron chi connectivity index (χ0n) is 10.3. The van der Waals surface area contributed by atoms with Crippen molar-refractivity contribution < 1.29 is 4.79 Å². The molecule has 1 saturated carbocycles. The molecule has 1 nitrogen and oxygen atoms in total. The first-order valence-electron chi connectivity index (χ1n) is 6.30. The van der Waals surface area contributed by atoms with E-state index < -0.39 is 0 Å². The Balaban J connectivity index is 2.16. The van der Waals surface area contributed by atoms with Gasteiger partial charge in [-0.05, 0) is 43.9 Å². The van der Waals surface area contributed by atoms with Crippen LogP contribution in [0.4, 0.5) is 0 Å². The van der Waals surface area contributed by atoms with Gasteiger partial charge in [-0.1, -0.05) is 31.4 Å². The van der Waals surface area contributed by atoms with Gasteiger partial charge in [0.1, 0.15) is 0 Å². The molecular formula is C15H20O. The van der Waals surface area contributed by atoms with Crippen molar-refractivity contribution in [3.8, 4) is 0 Å². The molecule has 86 valence electrons. The Bertz CT molecular complexity index is 386. The predicted octanol–water partition coefficient (Wildman–Crippen LogP) is 4.07. The average Bonchev–Trinajstić information content (AvgIpc) is 2.33. The third-order valence-electron chi connectivity index (χ3n) is 3.77. The van der Waals surface area contributed by atoms with Crippen molar-refractivity contribution >= 4 is 5.78 Å². The van der Waals surface area contributed by atoms with E-state index in [-0.39, 0.29) is 5.92 Å². The first-order chi connectivity index (χ1) is 7.68. The third kappa shape index (κ3) is 2.34. The van der Waals surface area contributed by atoms with Gasteiger partial charge in [0, 0.05) is 11.5 Å². The van der Waals surface area contributed by atoms with Crippen LogP contribution in [0.2, 0.25) is 0 Å². The van der Waals surface area contributed by atoms with Gasteiger partial charge >= 0.3 is 0 Å². The van der Waals surface area contributed by atoms with Crippen LogP contribution in [-0.4, -0.2) is 5.78 Å². The van der Waals surface area contributed by atoms with Gasteiger partial charge in [-0.25, -0.2) is 0 Å². The van der Waals surface area contributed by atoms with Crippen LogP contribution in [0.3, 0.4) is 0 Å². The fourth-order valence-corrected chi connectivity index (χ4v) is 2.50. The Morgan fingerprint density at radius 3 is 2.38 bits per heavy atom. The summed E-state index contributed by atoms with van der Waals surface area (Å²) in [6.07, 6.45) is 5.93. The quantitative estimate of drug-likeness (QED) is 0.681. The average molecular weight is 216 g/mol. The molecular weight excluding hydrogens is 196 g/mol. The topological polar surface area (TPSA) is 17.1 Å². The molecule has 0 N–H and O–H groups in total. The molecule has 16 heavy (non-hydrogen) atoms. The maximum atomic E-state index is 12.3. The van der Waals surface area contributed by atoms with E-state index in [4.69, 9.17) is 0 Å². The summed E-state index contributed by atoms with van der Waals surface area (Å²) in [7, 11) is 0. The Morgan fingerprint density at radius 1 is 1.06 bits per heavy atom. The van der Waals surface area contributed by atoms with E-state index >= 15 is 0 Å². The highest BCUT2D eigenvalue weighted by atomic mass is 16.1. The van der Waals surface area contributed by atoms with Gasteiger partial charge in [-0.3, -0.25) is 4.79 Å². The molecule has 0 aliphatic heterocycles. The molecule has 2 rings (SSSR count). The van der Waals surface area contributed by atoms with Crippen LogP contribution in [-0.2, 0) is 0 Å². The summed E-state index contributed by atoms with van der Waals surface area (Å²) in [6, 6.07) is 6.09. The Hall–Kier alpha value is -1.11. The molecule has 0 bridgehead atoms. The molecule has 0 saturated heterocycles. The highest BCUT2D eigenvalue weighted by Gasteiger charge is 2.22. The third-order valence-corrected chi connectivity index (χ3v) is 3.77. The van der Waals surface area contributed by atoms with E-state index in [1.165, 1.54) is 30.4 Å². The molecule has 0 spiro atoms. The summed E-state index contributed by atoms with van der Waals surface area (Å²) in [4.78, 5) is 12.3. The van der Waals surface area contributed by atoms with Crippen LogP contribution in [0.5, 0.6) is 0 Å². The minimum Gasteiger partial charge on any atom is -0.294 e. The molecule has 1 heteroatoms. The van der Waals surface area contributed by atoms with Crippen molar-refractivity contribution in [1.82, 2.24) is 0 Å². The number of benzene rings is 1. The summed E-state index contributed by atoms with van der Waals surface area (Å²) in [5.74, 6) is 0.652. The highest BCUT2D eigenvalue weighted by Crippen LogP contribution is 2.27. The maximum Gasteiger partial charge on any atom is 0.165 e. The van der Waals surface area contributed by atoms with Gasteiger partial charge in [0.2, 0.25) is 0 Å². The number of carbonyl (C=O) groups excluding carboxylic acids is 1. The summed E-state index contributed by atoms with van der Waals surface area (Å²) >= 11 is 0. The van der Waals surface area contributed by atoms with Crippen molar-refractivity contribution in [3.63, 3.8) is 0 Å². The van der Waals surface area contributed by atoms with Gasteiger partial charge in [0.25, 0.3) is 0 Å². The fourth-order valence-electron chi connectivity index (χ4n) is 2.50. The highest BCUT2D eigenvalue weighted by molar-refractivity contribution is 5.98. The molecule has 1 aliphatic rings.